The second-order valence-corrected chi connectivity index (χ2v) is 7.53. The summed E-state index contributed by atoms with van der Waals surface area (Å²) < 4.78 is 6.94. The minimum Gasteiger partial charge on any atom is -0.507 e. The number of rotatable bonds is 6. The molecule has 0 saturated heterocycles. The number of benzene rings is 2. The number of methoxy groups -OCH3 is 1. The third-order valence-corrected chi connectivity index (χ3v) is 5.35. The maximum Gasteiger partial charge on any atom is 0.252 e. The molecular formula is C21H20N4O3S. The maximum absolute atomic E-state index is 11.6. The lowest BCUT2D eigenvalue weighted by Crippen LogP contribution is -2.14. The molecule has 8 heteroatoms. The van der Waals surface area contributed by atoms with E-state index in [1.807, 2.05) is 29.6 Å². The maximum atomic E-state index is 11.6. The predicted octanol–water partition coefficient (Wildman–Crippen LogP) is 2.98. The first-order valence-corrected chi connectivity index (χ1v) is 9.99. The van der Waals surface area contributed by atoms with Crippen LogP contribution in [0.2, 0.25) is 0 Å². The van der Waals surface area contributed by atoms with Gasteiger partial charge < -0.3 is 15.6 Å². The van der Waals surface area contributed by atoms with Gasteiger partial charge in [0.05, 0.1) is 30.6 Å². The summed E-state index contributed by atoms with van der Waals surface area (Å²) in [5.41, 5.74) is 7.84. The van der Waals surface area contributed by atoms with Crippen molar-refractivity contribution in [2.45, 2.75) is 18.9 Å². The normalized spacial score (nSPS) is 14.4. The number of carbonyl (C=O) groups excluding carboxylic acids is 1. The first kappa shape index (κ1) is 18.9. The number of phenols is 1. The number of aromatic nitrogens is 1. The van der Waals surface area contributed by atoms with Crippen molar-refractivity contribution >= 4 is 23.5 Å². The Morgan fingerprint density at radius 1 is 1.28 bits per heavy atom. The van der Waals surface area contributed by atoms with Gasteiger partial charge in [-0.1, -0.05) is 0 Å². The van der Waals surface area contributed by atoms with E-state index in [0.717, 1.165) is 40.2 Å². The van der Waals surface area contributed by atoms with Gasteiger partial charge in [-0.2, -0.15) is 5.10 Å². The highest BCUT2D eigenvalue weighted by Crippen LogP contribution is 2.27. The summed E-state index contributed by atoms with van der Waals surface area (Å²) in [7, 11) is 1.63. The Morgan fingerprint density at radius 2 is 2.03 bits per heavy atom. The summed E-state index contributed by atoms with van der Waals surface area (Å²) >= 11 is 1.48. The molecule has 1 fully saturated rings. The number of nitrogens with two attached hydrogens (primary N) is 1. The Labute approximate surface area is 171 Å². The molecule has 7 nitrogen and oxygen atoms in total. The van der Waals surface area contributed by atoms with Crippen molar-refractivity contribution in [2.24, 2.45) is 15.8 Å². The van der Waals surface area contributed by atoms with E-state index in [4.69, 9.17) is 15.5 Å². The third kappa shape index (κ3) is 4.22. The Bertz CT molecular complexity index is 1140. The fourth-order valence-corrected chi connectivity index (χ4v) is 3.67. The van der Waals surface area contributed by atoms with Crippen LogP contribution in [0.3, 0.4) is 0 Å². The van der Waals surface area contributed by atoms with Crippen molar-refractivity contribution < 1.29 is 14.6 Å². The van der Waals surface area contributed by atoms with Crippen LogP contribution in [0.1, 0.15) is 28.8 Å². The molecule has 148 valence electrons. The van der Waals surface area contributed by atoms with Gasteiger partial charge in [0.15, 0.2) is 0 Å². The molecule has 1 aliphatic rings. The molecule has 0 radical (unpaired) electrons. The molecule has 0 bridgehead atoms. The summed E-state index contributed by atoms with van der Waals surface area (Å²) in [6.45, 7) is 0. The SMILES string of the molecule is COc1ccc(/C=N/n2c(-c3ccc(O)c(C(N)=O)c3)csc2=NC2CC2)cc1. The number of hydrogen-bond acceptors (Lipinski definition) is 6. The zero-order chi connectivity index (χ0) is 20.4. The number of amides is 1. The number of primary amides is 1. The van der Waals surface area contributed by atoms with E-state index < -0.39 is 5.91 Å². The lowest BCUT2D eigenvalue weighted by atomic mass is 10.1. The van der Waals surface area contributed by atoms with Crippen molar-refractivity contribution in [1.29, 1.82) is 0 Å². The molecule has 1 aliphatic carbocycles. The molecule has 3 aromatic rings. The fourth-order valence-electron chi connectivity index (χ4n) is 2.77. The van der Waals surface area contributed by atoms with E-state index in [9.17, 15) is 9.90 Å². The predicted molar refractivity (Wildman–Crippen MR) is 112 cm³/mol. The van der Waals surface area contributed by atoms with E-state index >= 15 is 0 Å². The molecule has 0 unspecified atom stereocenters. The summed E-state index contributed by atoms with van der Waals surface area (Å²) in [6, 6.07) is 12.7. The zero-order valence-corrected chi connectivity index (χ0v) is 16.6. The molecule has 0 atom stereocenters. The molecule has 29 heavy (non-hydrogen) atoms. The highest BCUT2D eigenvalue weighted by atomic mass is 32.1. The number of aromatic hydroxyl groups is 1. The van der Waals surface area contributed by atoms with E-state index in [-0.39, 0.29) is 11.3 Å². The van der Waals surface area contributed by atoms with Crippen LogP contribution in [0.15, 0.2) is 57.9 Å². The Hall–Kier alpha value is -3.39. The molecule has 1 saturated carbocycles. The third-order valence-electron chi connectivity index (χ3n) is 4.52. The van der Waals surface area contributed by atoms with Crippen LogP contribution in [0.4, 0.5) is 0 Å². The van der Waals surface area contributed by atoms with Gasteiger partial charge in [0.25, 0.3) is 5.91 Å². The zero-order valence-electron chi connectivity index (χ0n) is 15.8. The number of ether oxygens (including phenoxy) is 1. The van der Waals surface area contributed by atoms with Crippen molar-refractivity contribution in [3.8, 4) is 22.8 Å². The van der Waals surface area contributed by atoms with Crippen molar-refractivity contribution in [1.82, 2.24) is 4.68 Å². The average molecular weight is 408 g/mol. The minimum atomic E-state index is -0.684. The van der Waals surface area contributed by atoms with Gasteiger partial charge in [-0.3, -0.25) is 9.79 Å². The van der Waals surface area contributed by atoms with Crippen LogP contribution in [-0.2, 0) is 0 Å². The van der Waals surface area contributed by atoms with E-state index in [2.05, 4.69) is 5.10 Å². The van der Waals surface area contributed by atoms with E-state index in [1.54, 1.807) is 30.1 Å². The molecule has 1 amide bonds. The van der Waals surface area contributed by atoms with Crippen molar-refractivity contribution in [3.63, 3.8) is 0 Å². The van der Waals surface area contributed by atoms with Crippen LogP contribution in [0, 0.1) is 0 Å². The van der Waals surface area contributed by atoms with Crippen LogP contribution in [-0.4, -0.2) is 35.1 Å². The van der Waals surface area contributed by atoms with Crippen molar-refractivity contribution in [2.75, 3.05) is 7.11 Å². The molecule has 0 spiro atoms. The smallest absolute Gasteiger partial charge is 0.252 e. The monoisotopic (exact) mass is 408 g/mol. The molecule has 1 heterocycles. The first-order valence-electron chi connectivity index (χ1n) is 9.11. The van der Waals surface area contributed by atoms with Crippen molar-refractivity contribution in [3.05, 3.63) is 63.8 Å². The van der Waals surface area contributed by atoms with Crippen LogP contribution >= 0.6 is 11.3 Å². The second kappa shape index (κ2) is 7.92. The summed E-state index contributed by atoms with van der Waals surface area (Å²) in [4.78, 5) is 17.1. The lowest BCUT2D eigenvalue weighted by Gasteiger charge is -2.07. The van der Waals surface area contributed by atoms with Gasteiger partial charge in [-0.05, 0) is 60.9 Å². The summed E-state index contributed by atoms with van der Waals surface area (Å²) in [5, 5.41) is 16.5. The number of hydrogen-bond donors (Lipinski definition) is 2. The van der Waals surface area contributed by atoms with Gasteiger partial charge in [0, 0.05) is 10.9 Å². The Morgan fingerprint density at radius 3 is 2.69 bits per heavy atom. The van der Waals surface area contributed by atoms with E-state index in [0.29, 0.717) is 6.04 Å². The fraction of sp³-hybridized carbons (Fsp3) is 0.190. The Balaban J connectivity index is 1.77. The van der Waals surface area contributed by atoms with Gasteiger partial charge in [-0.25, -0.2) is 4.68 Å². The van der Waals surface area contributed by atoms with Gasteiger partial charge in [0.1, 0.15) is 11.5 Å². The summed E-state index contributed by atoms with van der Waals surface area (Å²) in [5.74, 6) is -0.0538. The molecule has 0 aliphatic heterocycles. The molecular weight excluding hydrogens is 388 g/mol. The average Bonchev–Trinajstić information content (AvgIpc) is 3.46. The van der Waals surface area contributed by atoms with Crippen LogP contribution in [0.25, 0.3) is 11.3 Å². The second-order valence-electron chi connectivity index (χ2n) is 6.69. The quantitative estimate of drug-likeness (QED) is 0.613. The van der Waals surface area contributed by atoms with Gasteiger partial charge >= 0.3 is 0 Å². The molecule has 2 aromatic carbocycles. The topological polar surface area (TPSA) is 102 Å². The summed E-state index contributed by atoms with van der Waals surface area (Å²) in [6.07, 6.45) is 3.91. The number of nitrogens with zero attached hydrogens (tertiary/aromatic N) is 3. The number of thiazole rings is 1. The van der Waals surface area contributed by atoms with Gasteiger partial charge in [-0.15, -0.1) is 11.3 Å². The van der Waals surface area contributed by atoms with E-state index in [1.165, 1.54) is 17.4 Å². The van der Waals surface area contributed by atoms with Gasteiger partial charge in [0.2, 0.25) is 4.80 Å². The van der Waals surface area contributed by atoms with Crippen LogP contribution in [0.5, 0.6) is 11.5 Å². The molecule has 3 N–H and O–H groups in total. The highest BCUT2D eigenvalue weighted by Gasteiger charge is 2.21. The number of carbonyl (C=O) groups is 1. The first-order chi connectivity index (χ1) is 14.0. The molecule has 4 rings (SSSR count). The lowest BCUT2D eigenvalue weighted by molar-refractivity contribution is 0.0998. The van der Waals surface area contributed by atoms with Crippen LogP contribution < -0.4 is 15.3 Å². The highest BCUT2D eigenvalue weighted by molar-refractivity contribution is 7.07. The Kier molecular flexibility index (Phi) is 5.18. The minimum absolute atomic E-state index is 0.0695. The standard InChI is InChI=1S/C21H20N4O3S/c1-28-16-7-2-13(3-8-16)11-23-25-18(12-29-21(25)24-15-5-6-15)14-4-9-19(26)17(10-14)20(22)27/h2-4,7-12,15,26H,5-6H2,1H3,(H2,22,27)/b23-11+,24-21?. The molecule has 1 aromatic heterocycles. The largest absolute Gasteiger partial charge is 0.507 e.